The van der Waals surface area contributed by atoms with Gasteiger partial charge in [-0.25, -0.2) is 9.97 Å². The van der Waals surface area contributed by atoms with Crippen molar-refractivity contribution in [2.75, 3.05) is 4.90 Å². The minimum absolute atomic E-state index is 0.0624. The van der Waals surface area contributed by atoms with Crippen molar-refractivity contribution in [2.24, 2.45) is 0 Å². The molecule has 0 saturated heterocycles. The predicted molar refractivity (Wildman–Crippen MR) is 109 cm³/mol. The SMILES string of the molecule is CC(C)N(Cc1ccccc1)c1ncc(C(=O)NC2CCCCCC2)cn1. The second kappa shape index (κ2) is 9.49. The first-order valence-electron chi connectivity index (χ1n) is 10.1. The molecule has 1 aliphatic rings. The molecule has 0 atom stereocenters. The highest BCUT2D eigenvalue weighted by molar-refractivity contribution is 5.93. The van der Waals surface area contributed by atoms with E-state index < -0.39 is 0 Å². The van der Waals surface area contributed by atoms with Crippen LogP contribution < -0.4 is 10.2 Å². The zero-order chi connectivity index (χ0) is 19.1. The third-order valence-electron chi connectivity index (χ3n) is 5.17. The molecule has 1 aromatic heterocycles. The van der Waals surface area contributed by atoms with Crippen LogP contribution in [0.2, 0.25) is 0 Å². The molecule has 2 aromatic rings. The molecule has 3 rings (SSSR count). The number of benzene rings is 1. The number of carbonyl (C=O) groups excluding carboxylic acids is 1. The molecular formula is C22H30N4O. The van der Waals surface area contributed by atoms with Crippen LogP contribution in [0.4, 0.5) is 5.95 Å². The Hall–Kier alpha value is -2.43. The van der Waals surface area contributed by atoms with E-state index in [1.807, 2.05) is 18.2 Å². The third kappa shape index (κ3) is 5.52. The number of hydrogen-bond acceptors (Lipinski definition) is 4. The number of hydrogen-bond donors (Lipinski definition) is 1. The molecule has 1 fully saturated rings. The van der Waals surface area contributed by atoms with Crippen molar-refractivity contribution in [1.82, 2.24) is 15.3 Å². The van der Waals surface area contributed by atoms with E-state index in [2.05, 4.69) is 46.2 Å². The van der Waals surface area contributed by atoms with Crippen LogP contribution in [0.1, 0.15) is 68.3 Å². The molecule has 1 heterocycles. The smallest absolute Gasteiger partial charge is 0.254 e. The van der Waals surface area contributed by atoms with Crippen LogP contribution in [0.15, 0.2) is 42.7 Å². The molecule has 1 amide bonds. The Morgan fingerprint density at radius 2 is 1.70 bits per heavy atom. The molecule has 0 unspecified atom stereocenters. The minimum atomic E-state index is -0.0624. The zero-order valence-electron chi connectivity index (χ0n) is 16.4. The number of amides is 1. The van der Waals surface area contributed by atoms with Crippen molar-refractivity contribution in [2.45, 2.75) is 71.0 Å². The van der Waals surface area contributed by atoms with E-state index in [1.165, 1.54) is 31.2 Å². The summed E-state index contributed by atoms with van der Waals surface area (Å²) in [4.78, 5) is 23.6. The van der Waals surface area contributed by atoms with Gasteiger partial charge in [0.05, 0.1) is 5.56 Å². The molecule has 0 aliphatic heterocycles. The lowest BCUT2D eigenvalue weighted by atomic mass is 10.1. The Morgan fingerprint density at radius 3 is 2.30 bits per heavy atom. The van der Waals surface area contributed by atoms with Gasteiger partial charge in [0.1, 0.15) is 0 Å². The molecule has 0 radical (unpaired) electrons. The lowest BCUT2D eigenvalue weighted by Gasteiger charge is -2.26. The molecule has 144 valence electrons. The summed E-state index contributed by atoms with van der Waals surface area (Å²) in [5.41, 5.74) is 1.75. The summed E-state index contributed by atoms with van der Waals surface area (Å²) in [7, 11) is 0. The largest absolute Gasteiger partial charge is 0.349 e. The molecule has 1 aromatic carbocycles. The van der Waals surface area contributed by atoms with Gasteiger partial charge < -0.3 is 10.2 Å². The topological polar surface area (TPSA) is 58.1 Å². The summed E-state index contributed by atoms with van der Waals surface area (Å²) in [5, 5.41) is 3.15. The molecule has 1 saturated carbocycles. The van der Waals surface area contributed by atoms with E-state index in [0.29, 0.717) is 11.5 Å². The lowest BCUT2D eigenvalue weighted by molar-refractivity contribution is 0.0932. The van der Waals surface area contributed by atoms with Crippen LogP contribution in [0.5, 0.6) is 0 Å². The van der Waals surface area contributed by atoms with E-state index in [1.54, 1.807) is 12.4 Å². The fraction of sp³-hybridized carbons (Fsp3) is 0.500. The number of nitrogens with one attached hydrogen (secondary N) is 1. The second-order valence-corrected chi connectivity index (χ2v) is 7.64. The zero-order valence-corrected chi connectivity index (χ0v) is 16.4. The molecule has 5 heteroatoms. The molecule has 1 aliphatic carbocycles. The third-order valence-corrected chi connectivity index (χ3v) is 5.17. The molecular weight excluding hydrogens is 336 g/mol. The average molecular weight is 367 g/mol. The van der Waals surface area contributed by atoms with E-state index in [0.717, 1.165) is 19.4 Å². The summed E-state index contributed by atoms with van der Waals surface area (Å²) in [6, 6.07) is 10.8. The van der Waals surface area contributed by atoms with Crippen LogP contribution in [0, 0.1) is 0 Å². The maximum absolute atomic E-state index is 12.5. The van der Waals surface area contributed by atoms with Gasteiger partial charge in [-0.3, -0.25) is 4.79 Å². The van der Waals surface area contributed by atoms with Crippen molar-refractivity contribution < 1.29 is 4.79 Å². The number of aromatic nitrogens is 2. The molecule has 5 nitrogen and oxygen atoms in total. The Bertz CT molecular complexity index is 707. The maximum atomic E-state index is 12.5. The van der Waals surface area contributed by atoms with Gasteiger partial charge in [-0.05, 0) is 32.3 Å². The van der Waals surface area contributed by atoms with E-state index in [-0.39, 0.29) is 18.0 Å². The quantitative estimate of drug-likeness (QED) is 0.773. The fourth-order valence-electron chi connectivity index (χ4n) is 3.54. The summed E-state index contributed by atoms with van der Waals surface area (Å²) < 4.78 is 0. The van der Waals surface area contributed by atoms with Gasteiger partial charge in [0, 0.05) is 31.0 Å². The van der Waals surface area contributed by atoms with Crippen molar-refractivity contribution in [3.05, 3.63) is 53.9 Å². The summed E-state index contributed by atoms with van der Waals surface area (Å²) >= 11 is 0. The summed E-state index contributed by atoms with van der Waals surface area (Å²) in [5.74, 6) is 0.590. The lowest BCUT2D eigenvalue weighted by Crippen LogP contribution is -2.35. The monoisotopic (exact) mass is 366 g/mol. The normalized spacial score (nSPS) is 15.4. The van der Waals surface area contributed by atoms with Gasteiger partial charge in [0.25, 0.3) is 5.91 Å². The van der Waals surface area contributed by atoms with Crippen molar-refractivity contribution in [3.63, 3.8) is 0 Å². The molecule has 27 heavy (non-hydrogen) atoms. The highest BCUT2D eigenvalue weighted by Crippen LogP contribution is 2.18. The van der Waals surface area contributed by atoms with Gasteiger partial charge in [0.2, 0.25) is 5.95 Å². The van der Waals surface area contributed by atoms with Gasteiger partial charge in [-0.2, -0.15) is 0 Å². The Labute approximate surface area is 162 Å². The number of rotatable bonds is 6. The average Bonchev–Trinajstić information content (AvgIpc) is 2.95. The maximum Gasteiger partial charge on any atom is 0.254 e. The summed E-state index contributed by atoms with van der Waals surface area (Å²) in [6.07, 6.45) is 10.4. The van der Waals surface area contributed by atoms with Crippen molar-refractivity contribution in [1.29, 1.82) is 0 Å². The van der Waals surface area contributed by atoms with Crippen LogP contribution in [0.25, 0.3) is 0 Å². The number of carbonyl (C=O) groups is 1. The van der Waals surface area contributed by atoms with E-state index in [9.17, 15) is 4.79 Å². The first-order valence-corrected chi connectivity index (χ1v) is 10.1. The number of nitrogens with zero attached hydrogens (tertiary/aromatic N) is 3. The number of anilines is 1. The van der Waals surface area contributed by atoms with Crippen molar-refractivity contribution in [3.8, 4) is 0 Å². The van der Waals surface area contributed by atoms with Gasteiger partial charge in [-0.1, -0.05) is 56.0 Å². The Balaban J connectivity index is 1.66. The van der Waals surface area contributed by atoms with E-state index >= 15 is 0 Å². The van der Waals surface area contributed by atoms with Crippen LogP contribution >= 0.6 is 0 Å². The highest BCUT2D eigenvalue weighted by atomic mass is 16.1. The van der Waals surface area contributed by atoms with E-state index in [4.69, 9.17) is 0 Å². The van der Waals surface area contributed by atoms with Crippen LogP contribution in [-0.2, 0) is 6.54 Å². The Morgan fingerprint density at radius 1 is 1.07 bits per heavy atom. The first kappa shape index (κ1) is 19.3. The molecule has 0 bridgehead atoms. The van der Waals surface area contributed by atoms with Gasteiger partial charge in [-0.15, -0.1) is 0 Å². The standard InChI is InChI=1S/C22H30N4O/c1-17(2)26(16-18-10-6-5-7-11-18)22-23-14-19(15-24-22)21(27)25-20-12-8-3-4-9-13-20/h5-7,10-11,14-15,17,20H,3-4,8-9,12-13,16H2,1-2H3,(H,25,27). The highest BCUT2D eigenvalue weighted by Gasteiger charge is 2.18. The second-order valence-electron chi connectivity index (χ2n) is 7.64. The molecule has 0 spiro atoms. The predicted octanol–water partition coefficient (Wildman–Crippen LogP) is 4.34. The Kier molecular flexibility index (Phi) is 6.80. The van der Waals surface area contributed by atoms with Crippen LogP contribution in [0.3, 0.4) is 0 Å². The summed E-state index contributed by atoms with van der Waals surface area (Å²) in [6.45, 7) is 4.99. The first-order chi connectivity index (χ1) is 13.1. The van der Waals surface area contributed by atoms with Crippen LogP contribution in [-0.4, -0.2) is 28.0 Å². The van der Waals surface area contributed by atoms with Gasteiger partial charge in [0.15, 0.2) is 0 Å². The van der Waals surface area contributed by atoms with Crippen molar-refractivity contribution >= 4 is 11.9 Å². The molecule has 1 N–H and O–H groups in total. The fourth-order valence-corrected chi connectivity index (χ4v) is 3.54. The minimum Gasteiger partial charge on any atom is -0.349 e. The van der Waals surface area contributed by atoms with Gasteiger partial charge >= 0.3 is 0 Å².